The third kappa shape index (κ3) is 2.84. The van der Waals surface area contributed by atoms with E-state index in [0.29, 0.717) is 5.92 Å². The Hall–Kier alpha value is -0.780. The Balaban J connectivity index is 3.16. The maximum absolute atomic E-state index is 2.38. The van der Waals surface area contributed by atoms with Crippen LogP contribution in [-0.2, 0) is 0 Å². The lowest BCUT2D eigenvalue weighted by molar-refractivity contribution is 0.628. The van der Waals surface area contributed by atoms with Gasteiger partial charge in [-0.1, -0.05) is 51.5 Å². The van der Waals surface area contributed by atoms with Crippen molar-refractivity contribution < 1.29 is 0 Å². The Morgan fingerprint density at radius 2 is 1.60 bits per heavy atom. The van der Waals surface area contributed by atoms with E-state index in [1.165, 1.54) is 24.0 Å². The van der Waals surface area contributed by atoms with Gasteiger partial charge in [-0.2, -0.15) is 0 Å². The molecule has 0 saturated heterocycles. The van der Waals surface area contributed by atoms with E-state index in [2.05, 4.69) is 52.8 Å². The summed E-state index contributed by atoms with van der Waals surface area (Å²) in [7, 11) is 0. The van der Waals surface area contributed by atoms with Crippen molar-refractivity contribution >= 4 is 0 Å². The van der Waals surface area contributed by atoms with Crippen molar-refractivity contribution in [2.24, 2.45) is 0 Å². The molecule has 0 heterocycles. The van der Waals surface area contributed by atoms with E-state index >= 15 is 0 Å². The Bertz CT molecular complexity index is 306. The van der Waals surface area contributed by atoms with Crippen LogP contribution in [0, 0.1) is 6.92 Å². The van der Waals surface area contributed by atoms with E-state index in [9.17, 15) is 0 Å². The molecule has 0 saturated carbocycles. The standard InChI is InChI=1S/C15H24/c1-6-13(7-2)15-10-12(5)8-9-14(15)11(3)4/h8-11,13H,6-7H2,1-5H3. The molecule has 1 aromatic rings. The summed E-state index contributed by atoms with van der Waals surface area (Å²) in [6.07, 6.45) is 2.50. The number of benzene rings is 1. The van der Waals surface area contributed by atoms with E-state index in [1.807, 2.05) is 0 Å². The van der Waals surface area contributed by atoms with Crippen LogP contribution in [0.1, 0.15) is 69.1 Å². The first-order valence-corrected chi connectivity index (χ1v) is 6.20. The highest BCUT2D eigenvalue weighted by Gasteiger charge is 2.13. The summed E-state index contributed by atoms with van der Waals surface area (Å²) in [4.78, 5) is 0. The average Bonchev–Trinajstić information content (AvgIpc) is 2.19. The maximum atomic E-state index is 2.38. The molecule has 0 radical (unpaired) electrons. The monoisotopic (exact) mass is 204 g/mol. The molecule has 0 fully saturated rings. The minimum absolute atomic E-state index is 0.640. The largest absolute Gasteiger partial charge is 0.0648 e. The molecule has 0 nitrogen and oxygen atoms in total. The fourth-order valence-electron chi connectivity index (χ4n) is 2.30. The number of hydrogen-bond acceptors (Lipinski definition) is 0. The molecule has 84 valence electrons. The minimum Gasteiger partial charge on any atom is -0.0648 e. The van der Waals surface area contributed by atoms with Gasteiger partial charge in [-0.05, 0) is 42.7 Å². The van der Waals surface area contributed by atoms with Crippen LogP contribution in [0.4, 0.5) is 0 Å². The molecular weight excluding hydrogens is 180 g/mol. The van der Waals surface area contributed by atoms with Gasteiger partial charge >= 0.3 is 0 Å². The summed E-state index contributed by atoms with van der Waals surface area (Å²) in [5, 5.41) is 0. The van der Waals surface area contributed by atoms with Crippen LogP contribution in [0.15, 0.2) is 18.2 Å². The summed E-state index contributed by atoms with van der Waals surface area (Å²) in [6.45, 7) is 11.4. The van der Waals surface area contributed by atoms with Gasteiger partial charge in [0.05, 0.1) is 0 Å². The fourth-order valence-corrected chi connectivity index (χ4v) is 2.30. The maximum Gasteiger partial charge on any atom is -0.0164 e. The molecule has 0 atom stereocenters. The molecule has 15 heavy (non-hydrogen) atoms. The summed E-state index contributed by atoms with van der Waals surface area (Å²) >= 11 is 0. The van der Waals surface area contributed by atoms with Crippen molar-refractivity contribution in [3.63, 3.8) is 0 Å². The highest BCUT2D eigenvalue weighted by molar-refractivity contribution is 5.36. The quantitative estimate of drug-likeness (QED) is 0.646. The molecule has 0 aliphatic carbocycles. The van der Waals surface area contributed by atoms with Crippen molar-refractivity contribution in [3.8, 4) is 0 Å². The zero-order valence-corrected chi connectivity index (χ0v) is 10.8. The molecule has 0 aliphatic heterocycles. The van der Waals surface area contributed by atoms with Crippen LogP contribution in [-0.4, -0.2) is 0 Å². The van der Waals surface area contributed by atoms with Gasteiger partial charge in [0.2, 0.25) is 0 Å². The smallest absolute Gasteiger partial charge is 0.0164 e. The Labute approximate surface area is 94.7 Å². The molecule has 0 aliphatic rings. The van der Waals surface area contributed by atoms with E-state index < -0.39 is 0 Å². The molecule has 0 heteroatoms. The van der Waals surface area contributed by atoms with Crippen molar-refractivity contribution in [3.05, 3.63) is 34.9 Å². The van der Waals surface area contributed by atoms with Crippen molar-refractivity contribution in [1.82, 2.24) is 0 Å². The van der Waals surface area contributed by atoms with Gasteiger partial charge in [0.15, 0.2) is 0 Å². The van der Waals surface area contributed by atoms with Gasteiger partial charge in [-0.25, -0.2) is 0 Å². The van der Waals surface area contributed by atoms with E-state index in [-0.39, 0.29) is 0 Å². The van der Waals surface area contributed by atoms with Gasteiger partial charge in [0, 0.05) is 0 Å². The highest BCUT2D eigenvalue weighted by Crippen LogP contribution is 2.31. The lowest BCUT2D eigenvalue weighted by Crippen LogP contribution is -2.03. The van der Waals surface area contributed by atoms with Crippen LogP contribution < -0.4 is 0 Å². The minimum atomic E-state index is 0.640. The third-order valence-electron chi connectivity index (χ3n) is 3.29. The summed E-state index contributed by atoms with van der Waals surface area (Å²) in [5.41, 5.74) is 4.51. The van der Waals surface area contributed by atoms with Gasteiger partial charge in [0.25, 0.3) is 0 Å². The van der Waals surface area contributed by atoms with Crippen LogP contribution in [0.25, 0.3) is 0 Å². The van der Waals surface area contributed by atoms with Gasteiger partial charge in [-0.3, -0.25) is 0 Å². The molecule has 0 N–H and O–H groups in total. The zero-order valence-electron chi connectivity index (χ0n) is 10.8. The zero-order chi connectivity index (χ0) is 11.4. The highest BCUT2D eigenvalue weighted by atomic mass is 14.2. The Morgan fingerprint density at radius 3 is 2.07 bits per heavy atom. The molecule has 1 aromatic carbocycles. The molecule has 0 aromatic heterocycles. The normalized spacial score (nSPS) is 11.4. The molecule has 0 amide bonds. The molecule has 0 spiro atoms. The van der Waals surface area contributed by atoms with Crippen molar-refractivity contribution in [2.75, 3.05) is 0 Å². The first-order valence-electron chi connectivity index (χ1n) is 6.20. The van der Waals surface area contributed by atoms with Crippen LogP contribution in [0.3, 0.4) is 0 Å². The Morgan fingerprint density at radius 1 is 1.00 bits per heavy atom. The second-order valence-electron chi connectivity index (χ2n) is 4.80. The van der Waals surface area contributed by atoms with E-state index in [1.54, 1.807) is 5.56 Å². The van der Waals surface area contributed by atoms with Crippen molar-refractivity contribution in [1.29, 1.82) is 0 Å². The summed E-state index contributed by atoms with van der Waals surface area (Å²) < 4.78 is 0. The lowest BCUT2D eigenvalue weighted by Gasteiger charge is -2.20. The van der Waals surface area contributed by atoms with E-state index in [4.69, 9.17) is 0 Å². The molecular formula is C15H24. The van der Waals surface area contributed by atoms with Crippen LogP contribution in [0.5, 0.6) is 0 Å². The van der Waals surface area contributed by atoms with Gasteiger partial charge in [0.1, 0.15) is 0 Å². The first-order chi connectivity index (χ1) is 7.10. The van der Waals surface area contributed by atoms with E-state index in [0.717, 1.165) is 5.92 Å². The summed E-state index contributed by atoms with van der Waals surface area (Å²) in [6, 6.07) is 6.93. The average molecular weight is 204 g/mol. The first kappa shape index (κ1) is 12.3. The molecule has 1 rings (SSSR count). The van der Waals surface area contributed by atoms with Crippen molar-refractivity contribution in [2.45, 2.75) is 59.3 Å². The lowest BCUT2D eigenvalue weighted by atomic mass is 9.85. The Kier molecular flexibility index (Phi) is 4.38. The predicted octanol–water partition coefficient (Wildman–Crippen LogP) is 5.02. The second kappa shape index (κ2) is 5.34. The van der Waals surface area contributed by atoms with Crippen LogP contribution in [0.2, 0.25) is 0 Å². The number of hydrogen-bond donors (Lipinski definition) is 0. The SMILES string of the molecule is CCC(CC)c1cc(C)ccc1C(C)C. The summed E-state index contributed by atoms with van der Waals surface area (Å²) in [5.74, 6) is 1.38. The van der Waals surface area contributed by atoms with Gasteiger partial charge < -0.3 is 0 Å². The second-order valence-corrected chi connectivity index (χ2v) is 4.80. The number of rotatable bonds is 4. The molecule has 0 unspecified atom stereocenters. The van der Waals surface area contributed by atoms with Crippen LogP contribution >= 0.6 is 0 Å². The predicted molar refractivity (Wildman–Crippen MR) is 68.6 cm³/mol. The topological polar surface area (TPSA) is 0 Å². The number of aryl methyl sites for hydroxylation is 1. The molecule has 0 bridgehead atoms. The third-order valence-corrected chi connectivity index (χ3v) is 3.29. The fraction of sp³-hybridized carbons (Fsp3) is 0.600. The van der Waals surface area contributed by atoms with Gasteiger partial charge in [-0.15, -0.1) is 0 Å².